The molecular formula is C25H32FN5O3S. The van der Waals surface area contributed by atoms with E-state index in [2.05, 4.69) is 14.8 Å². The average Bonchev–Trinajstić information content (AvgIpc) is 3.16. The molecule has 35 heavy (non-hydrogen) atoms. The molecule has 2 aromatic heterocycles. The minimum absolute atomic E-state index is 0.0775. The minimum atomic E-state index is -4.20. The van der Waals surface area contributed by atoms with E-state index in [1.54, 1.807) is 25.4 Å². The highest BCUT2D eigenvalue weighted by Crippen LogP contribution is 2.32. The lowest BCUT2D eigenvalue weighted by Gasteiger charge is -2.19. The number of carbonyl (C=O) groups excluding carboxylic acids is 1. The lowest BCUT2D eigenvalue weighted by Crippen LogP contribution is -2.32. The molecule has 0 saturated carbocycles. The van der Waals surface area contributed by atoms with Crippen molar-refractivity contribution in [2.45, 2.75) is 51.1 Å². The summed E-state index contributed by atoms with van der Waals surface area (Å²) in [5, 5.41) is 3.88. The number of rotatable bonds is 8. The Labute approximate surface area is 206 Å². The highest BCUT2D eigenvalue weighted by atomic mass is 32.2. The van der Waals surface area contributed by atoms with Gasteiger partial charge in [0.05, 0.1) is 12.1 Å². The van der Waals surface area contributed by atoms with Gasteiger partial charge in [-0.05, 0) is 80.4 Å². The van der Waals surface area contributed by atoms with E-state index in [4.69, 9.17) is 0 Å². The van der Waals surface area contributed by atoms with Crippen molar-refractivity contribution in [3.63, 3.8) is 0 Å². The van der Waals surface area contributed by atoms with Crippen LogP contribution in [0, 0.1) is 12.7 Å². The molecule has 3 aromatic rings. The number of carbonyl (C=O) groups is 1. The first-order valence-electron chi connectivity index (χ1n) is 11.3. The molecule has 188 valence electrons. The fourth-order valence-corrected chi connectivity index (χ4v) is 4.96. The number of halogens is 1. The molecule has 0 aliphatic carbocycles. The van der Waals surface area contributed by atoms with Crippen LogP contribution in [0.1, 0.15) is 55.2 Å². The zero-order chi connectivity index (χ0) is 26.1. The van der Waals surface area contributed by atoms with Gasteiger partial charge in [0.2, 0.25) is 5.91 Å². The number of aryl methyl sites for hydroxylation is 2. The quantitative estimate of drug-likeness (QED) is 0.505. The molecule has 1 unspecified atom stereocenters. The summed E-state index contributed by atoms with van der Waals surface area (Å²) < 4.78 is 44.1. The van der Waals surface area contributed by atoms with Crippen LogP contribution in [0.2, 0.25) is 0 Å². The third-order valence-corrected chi connectivity index (χ3v) is 7.28. The predicted molar refractivity (Wildman–Crippen MR) is 133 cm³/mol. The lowest BCUT2D eigenvalue weighted by atomic mass is 9.88. The number of benzene rings is 1. The Hall–Kier alpha value is -3.11. The van der Waals surface area contributed by atoms with E-state index in [9.17, 15) is 17.6 Å². The van der Waals surface area contributed by atoms with Crippen molar-refractivity contribution in [1.29, 1.82) is 0 Å². The van der Waals surface area contributed by atoms with E-state index >= 15 is 0 Å². The van der Waals surface area contributed by atoms with Crippen LogP contribution in [0.4, 0.5) is 4.39 Å². The van der Waals surface area contributed by atoms with E-state index in [0.29, 0.717) is 27.9 Å². The number of hydrogen-bond donors (Lipinski definition) is 1. The number of pyridine rings is 1. The smallest absolute Gasteiger partial charge is 0.283 e. The SMILES string of the molecule is Cc1cc(-c2cc(F)cc(C(C)C)c2CC(=O)NS(=O)(=O)c2cc(C(C)N(C)C)n(C)n2)ccn1. The van der Waals surface area contributed by atoms with Crippen molar-refractivity contribution in [2.24, 2.45) is 7.05 Å². The Morgan fingerprint density at radius 2 is 1.86 bits per heavy atom. The molecular weight excluding hydrogens is 469 g/mol. The summed E-state index contributed by atoms with van der Waals surface area (Å²) in [6, 6.07) is 7.69. The summed E-state index contributed by atoms with van der Waals surface area (Å²) in [6.07, 6.45) is 1.38. The first-order valence-corrected chi connectivity index (χ1v) is 12.8. The molecule has 1 aromatic carbocycles. The summed E-state index contributed by atoms with van der Waals surface area (Å²) in [7, 11) is 1.22. The van der Waals surface area contributed by atoms with E-state index in [1.807, 2.05) is 46.7 Å². The maximum atomic E-state index is 14.5. The van der Waals surface area contributed by atoms with Crippen LogP contribution in [-0.4, -0.2) is 48.1 Å². The van der Waals surface area contributed by atoms with E-state index in [0.717, 1.165) is 5.69 Å². The summed E-state index contributed by atoms with van der Waals surface area (Å²) in [5.74, 6) is -1.23. The molecule has 0 bridgehead atoms. The molecule has 2 heterocycles. The average molecular weight is 502 g/mol. The Kier molecular flexibility index (Phi) is 7.76. The molecule has 0 spiro atoms. The number of hydrogen-bond acceptors (Lipinski definition) is 6. The number of aromatic nitrogens is 3. The largest absolute Gasteiger partial charge is 0.301 e. The second kappa shape index (κ2) is 10.2. The fourth-order valence-electron chi connectivity index (χ4n) is 3.98. The first kappa shape index (κ1) is 26.5. The fraction of sp³-hybridized carbons (Fsp3) is 0.400. The van der Waals surface area contributed by atoms with Crippen LogP contribution in [0.15, 0.2) is 41.6 Å². The van der Waals surface area contributed by atoms with Gasteiger partial charge in [-0.3, -0.25) is 14.5 Å². The topological polar surface area (TPSA) is 97.2 Å². The second-order valence-electron chi connectivity index (χ2n) is 9.24. The number of nitrogens with one attached hydrogen (secondary N) is 1. The molecule has 0 aliphatic rings. The van der Waals surface area contributed by atoms with E-state index in [-0.39, 0.29) is 23.4 Å². The van der Waals surface area contributed by atoms with Gasteiger partial charge in [-0.15, -0.1) is 0 Å². The van der Waals surface area contributed by atoms with Crippen molar-refractivity contribution in [1.82, 2.24) is 24.4 Å². The zero-order valence-electron chi connectivity index (χ0n) is 21.1. The predicted octanol–water partition coefficient (Wildman–Crippen LogP) is 3.72. The van der Waals surface area contributed by atoms with Crippen molar-refractivity contribution in [3.8, 4) is 11.1 Å². The van der Waals surface area contributed by atoms with Crippen molar-refractivity contribution >= 4 is 15.9 Å². The molecule has 0 aliphatic heterocycles. The number of sulfonamides is 1. The Bertz CT molecular complexity index is 1350. The highest BCUT2D eigenvalue weighted by molar-refractivity contribution is 7.90. The van der Waals surface area contributed by atoms with Crippen molar-refractivity contribution < 1.29 is 17.6 Å². The van der Waals surface area contributed by atoms with Crippen molar-refractivity contribution in [3.05, 3.63) is 64.9 Å². The number of nitrogens with zero attached hydrogens (tertiary/aromatic N) is 4. The molecule has 10 heteroatoms. The van der Waals surface area contributed by atoms with Gasteiger partial charge in [-0.1, -0.05) is 13.8 Å². The molecule has 1 amide bonds. The molecule has 8 nitrogen and oxygen atoms in total. The molecule has 3 rings (SSSR count). The van der Waals surface area contributed by atoms with Gasteiger partial charge >= 0.3 is 0 Å². The third kappa shape index (κ3) is 5.94. The Balaban J connectivity index is 1.96. The first-order chi connectivity index (χ1) is 16.3. The van der Waals surface area contributed by atoms with Crippen LogP contribution in [0.5, 0.6) is 0 Å². The third-order valence-electron chi connectivity index (χ3n) is 6.04. The van der Waals surface area contributed by atoms with Gasteiger partial charge in [-0.25, -0.2) is 9.11 Å². The van der Waals surface area contributed by atoms with Gasteiger partial charge < -0.3 is 4.90 Å². The van der Waals surface area contributed by atoms with Crippen LogP contribution < -0.4 is 4.72 Å². The summed E-state index contributed by atoms with van der Waals surface area (Å²) in [6.45, 7) is 7.55. The molecule has 0 fully saturated rings. The zero-order valence-corrected chi connectivity index (χ0v) is 21.9. The lowest BCUT2D eigenvalue weighted by molar-refractivity contribution is -0.118. The van der Waals surface area contributed by atoms with Crippen LogP contribution in [-0.2, 0) is 28.3 Å². The van der Waals surface area contributed by atoms with Crippen LogP contribution in [0.25, 0.3) is 11.1 Å². The summed E-state index contributed by atoms with van der Waals surface area (Å²) in [5.41, 5.74) is 3.89. The maximum Gasteiger partial charge on any atom is 0.283 e. The van der Waals surface area contributed by atoms with Crippen molar-refractivity contribution in [2.75, 3.05) is 14.1 Å². The minimum Gasteiger partial charge on any atom is -0.301 e. The van der Waals surface area contributed by atoms with Gasteiger partial charge in [0.25, 0.3) is 10.0 Å². The van der Waals surface area contributed by atoms with Crippen LogP contribution >= 0.6 is 0 Å². The molecule has 1 N–H and O–H groups in total. The summed E-state index contributed by atoms with van der Waals surface area (Å²) in [4.78, 5) is 19.1. The molecule has 1 atom stereocenters. The highest BCUT2D eigenvalue weighted by Gasteiger charge is 2.26. The second-order valence-corrected chi connectivity index (χ2v) is 10.9. The van der Waals surface area contributed by atoms with Gasteiger partial charge in [0, 0.05) is 31.0 Å². The van der Waals surface area contributed by atoms with E-state index < -0.39 is 21.7 Å². The number of amides is 1. The van der Waals surface area contributed by atoms with Crippen LogP contribution in [0.3, 0.4) is 0 Å². The van der Waals surface area contributed by atoms with Gasteiger partial charge in [0.1, 0.15) is 5.82 Å². The molecule has 0 radical (unpaired) electrons. The Morgan fingerprint density at radius 3 is 2.46 bits per heavy atom. The monoisotopic (exact) mass is 501 g/mol. The molecule has 0 saturated heterocycles. The Morgan fingerprint density at radius 1 is 1.17 bits per heavy atom. The van der Waals surface area contributed by atoms with E-state index in [1.165, 1.54) is 22.9 Å². The maximum absolute atomic E-state index is 14.5. The summed E-state index contributed by atoms with van der Waals surface area (Å²) >= 11 is 0. The van der Waals surface area contributed by atoms with Gasteiger partial charge in [0.15, 0.2) is 5.03 Å². The van der Waals surface area contributed by atoms with Gasteiger partial charge in [-0.2, -0.15) is 13.5 Å². The normalized spacial score (nSPS) is 12.9. The standard InChI is InChI=1S/C25H32FN5O3S/c1-15(2)20-11-19(26)12-21(18-8-9-27-16(3)10-18)22(20)13-24(32)29-35(33,34)25-14-23(31(7)28-25)17(4)30(5)6/h8-12,14-15,17H,13H2,1-7H3,(H,29,32).